The first-order chi connectivity index (χ1) is 11.8. The van der Waals surface area contributed by atoms with Crippen molar-refractivity contribution in [3.63, 3.8) is 0 Å². The second-order valence-corrected chi connectivity index (χ2v) is 9.73. The van der Waals surface area contributed by atoms with Gasteiger partial charge in [0.1, 0.15) is 17.7 Å². The smallest absolute Gasteiger partial charge is 0.302 e. The molecule has 0 N–H and O–H groups in total. The van der Waals surface area contributed by atoms with Crippen molar-refractivity contribution in [1.29, 1.82) is 0 Å². The monoisotopic (exact) mass is 344 g/mol. The highest BCUT2D eigenvalue weighted by Gasteiger charge is 2.84. The number of ether oxygens (including phenoxy) is 1. The standard InChI is InChI=1S/C21H28O4/c1-12(22)25-18-20-9-6-14-15-3-4-17(24)19(15,2)8-7-16(14)21(18,20)10-5-13(23)11-20/h14-16,18H,3-11H2,1-2H3/t14-,15-,16-,18-,19-,20+,21+/m0/s1. The van der Waals surface area contributed by atoms with Gasteiger partial charge in [-0.2, -0.15) is 0 Å². The summed E-state index contributed by atoms with van der Waals surface area (Å²) in [6, 6.07) is 0. The quantitative estimate of drug-likeness (QED) is 0.684. The number of carbonyl (C=O) groups excluding carboxylic acids is 3. The minimum absolute atomic E-state index is 0.0302. The lowest BCUT2D eigenvalue weighted by Gasteiger charge is -2.53. The summed E-state index contributed by atoms with van der Waals surface area (Å²) in [5.74, 6) is 2.22. The molecule has 7 atom stereocenters. The number of carbonyl (C=O) groups is 3. The third kappa shape index (κ3) is 1.72. The SMILES string of the molecule is CC(=O)O[C@H]1[C@]23CC[C@@H]4[C@H](CC[C@]5(C)C(=O)CC[C@@H]45)[C@]12CCC(=O)C3. The van der Waals surface area contributed by atoms with Crippen LogP contribution in [0.15, 0.2) is 0 Å². The number of esters is 1. The molecule has 4 heteroatoms. The Morgan fingerprint density at radius 1 is 1.04 bits per heavy atom. The molecule has 5 rings (SSSR count). The van der Waals surface area contributed by atoms with E-state index >= 15 is 0 Å². The van der Waals surface area contributed by atoms with Gasteiger partial charge in [-0.3, -0.25) is 14.4 Å². The molecule has 0 heterocycles. The summed E-state index contributed by atoms with van der Waals surface area (Å²) in [4.78, 5) is 36.5. The van der Waals surface area contributed by atoms with Crippen LogP contribution in [0.1, 0.15) is 71.6 Å². The van der Waals surface area contributed by atoms with E-state index in [1.54, 1.807) is 0 Å². The normalized spacial score (nSPS) is 53.4. The van der Waals surface area contributed by atoms with Gasteiger partial charge in [0.15, 0.2) is 0 Å². The van der Waals surface area contributed by atoms with Crippen LogP contribution in [0.5, 0.6) is 0 Å². The van der Waals surface area contributed by atoms with E-state index in [9.17, 15) is 14.4 Å². The maximum atomic E-state index is 12.5. The van der Waals surface area contributed by atoms with Crippen molar-refractivity contribution in [2.24, 2.45) is 34.0 Å². The molecule has 0 radical (unpaired) electrons. The average molecular weight is 344 g/mol. The van der Waals surface area contributed by atoms with Crippen LogP contribution < -0.4 is 0 Å². The van der Waals surface area contributed by atoms with Crippen LogP contribution in [0.4, 0.5) is 0 Å². The highest BCUT2D eigenvalue weighted by molar-refractivity contribution is 5.87. The Morgan fingerprint density at radius 3 is 2.60 bits per heavy atom. The van der Waals surface area contributed by atoms with Crippen LogP contribution >= 0.6 is 0 Å². The first-order valence-corrected chi connectivity index (χ1v) is 10.1. The van der Waals surface area contributed by atoms with Crippen LogP contribution in [-0.2, 0) is 19.1 Å². The van der Waals surface area contributed by atoms with Gasteiger partial charge in [0, 0.05) is 42.4 Å². The number of fused-ring (bicyclic) bond motifs is 3. The fraction of sp³-hybridized carbons (Fsp3) is 0.857. The molecule has 0 spiro atoms. The first-order valence-electron chi connectivity index (χ1n) is 10.1. The molecule has 136 valence electrons. The van der Waals surface area contributed by atoms with Gasteiger partial charge < -0.3 is 4.74 Å². The first kappa shape index (κ1) is 16.0. The van der Waals surface area contributed by atoms with E-state index in [0.717, 1.165) is 44.9 Å². The van der Waals surface area contributed by atoms with Gasteiger partial charge in [-0.05, 0) is 56.3 Å². The summed E-state index contributed by atoms with van der Waals surface area (Å²) in [7, 11) is 0. The van der Waals surface area contributed by atoms with Crippen molar-refractivity contribution in [1.82, 2.24) is 0 Å². The molecule has 0 unspecified atom stereocenters. The van der Waals surface area contributed by atoms with Crippen molar-refractivity contribution in [3.8, 4) is 0 Å². The highest BCUT2D eigenvalue weighted by atomic mass is 16.6. The molecule has 0 aromatic carbocycles. The summed E-state index contributed by atoms with van der Waals surface area (Å²) in [6.45, 7) is 3.69. The zero-order chi connectivity index (χ0) is 17.6. The van der Waals surface area contributed by atoms with E-state index in [-0.39, 0.29) is 28.3 Å². The molecule has 0 aliphatic heterocycles. The molecule has 5 aliphatic carbocycles. The van der Waals surface area contributed by atoms with Crippen molar-refractivity contribution >= 4 is 17.5 Å². The van der Waals surface area contributed by atoms with E-state index < -0.39 is 0 Å². The molecular formula is C21H28O4. The predicted molar refractivity (Wildman–Crippen MR) is 90.6 cm³/mol. The molecule has 5 aliphatic rings. The van der Waals surface area contributed by atoms with Gasteiger partial charge in [0.25, 0.3) is 0 Å². The van der Waals surface area contributed by atoms with Gasteiger partial charge in [-0.1, -0.05) is 6.92 Å². The van der Waals surface area contributed by atoms with Crippen LogP contribution in [0.2, 0.25) is 0 Å². The Morgan fingerprint density at radius 2 is 1.84 bits per heavy atom. The average Bonchev–Trinajstić information content (AvgIpc) is 3.00. The Kier molecular flexibility index (Phi) is 3.04. The van der Waals surface area contributed by atoms with Crippen LogP contribution in [0.25, 0.3) is 0 Å². The Labute approximate surface area is 149 Å². The minimum Gasteiger partial charge on any atom is -0.461 e. The van der Waals surface area contributed by atoms with E-state index in [0.29, 0.717) is 42.2 Å². The molecule has 0 amide bonds. The molecule has 0 aromatic heterocycles. The lowest BCUT2D eigenvalue weighted by Crippen LogP contribution is -2.49. The largest absolute Gasteiger partial charge is 0.461 e. The second-order valence-electron chi connectivity index (χ2n) is 9.73. The molecule has 0 bridgehead atoms. The molecule has 0 aromatic rings. The summed E-state index contributed by atoms with van der Waals surface area (Å²) >= 11 is 0. The summed E-state index contributed by atoms with van der Waals surface area (Å²) in [6.07, 6.45) is 8.02. The van der Waals surface area contributed by atoms with Gasteiger partial charge in [0.2, 0.25) is 0 Å². The number of hydrogen-bond acceptors (Lipinski definition) is 4. The van der Waals surface area contributed by atoms with E-state index in [1.165, 1.54) is 6.92 Å². The van der Waals surface area contributed by atoms with Gasteiger partial charge >= 0.3 is 5.97 Å². The Balaban J connectivity index is 1.53. The maximum absolute atomic E-state index is 12.5. The van der Waals surface area contributed by atoms with Gasteiger partial charge in [-0.15, -0.1) is 0 Å². The fourth-order valence-corrected chi connectivity index (χ4v) is 8.18. The predicted octanol–water partition coefficient (Wildman–Crippen LogP) is 3.46. The van der Waals surface area contributed by atoms with Crippen molar-refractivity contribution in [2.45, 2.75) is 77.7 Å². The highest BCUT2D eigenvalue weighted by Crippen LogP contribution is 2.83. The molecule has 0 saturated heterocycles. The van der Waals surface area contributed by atoms with E-state index in [4.69, 9.17) is 4.74 Å². The van der Waals surface area contributed by atoms with Crippen molar-refractivity contribution < 1.29 is 19.1 Å². The maximum Gasteiger partial charge on any atom is 0.302 e. The van der Waals surface area contributed by atoms with Crippen LogP contribution in [0, 0.1) is 34.0 Å². The zero-order valence-corrected chi connectivity index (χ0v) is 15.3. The summed E-state index contributed by atoms with van der Waals surface area (Å²) in [5.41, 5.74) is -0.165. The van der Waals surface area contributed by atoms with Crippen LogP contribution in [-0.4, -0.2) is 23.6 Å². The fourth-order valence-electron chi connectivity index (χ4n) is 8.18. The number of hydrogen-bond donors (Lipinski definition) is 0. The summed E-state index contributed by atoms with van der Waals surface area (Å²) < 4.78 is 5.83. The third-order valence-electron chi connectivity index (χ3n) is 9.16. The second kappa shape index (κ2) is 4.75. The third-order valence-corrected chi connectivity index (χ3v) is 9.16. The molecule has 5 saturated carbocycles. The minimum atomic E-state index is -0.208. The van der Waals surface area contributed by atoms with E-state index in [2.05, 4.69) is 6.92 Å². The van der Waals surface area contributed by atoms with E-state index in [1.807, 2.05) is 0 Å². The molecular weight excluding hydrogens is 316 g/mol. The molecule has 4 nitrogen and oxygen atoms in total. The Hall–Kier alpha value is -1.19. The van der Waals surface area contributed by atoms with Crippen molar-refractivity contribution in [3.05, 3.63) is 0 Å². The molecule has 25 heavy (non-hydrogen) atoms. The topological polar surface area (TPSA) is 60.4 Å². The van der Waals surface area contributed by atoms with Gasteiger partial charge in [0.05, 0.1) is 0 Å². The van der Waals surface area contributed by atoms with Crippen molar-refractivity contribution in [2.75, 3.05) is 0 Å². The zero-order valence-electron chi connectivity index (χ0n) is 15.3. The lowest BCUT2D eigenvalue weighted by molar-refractivity contribution is -0.145. The van der Waals surface area contributed by atoms with Gasteiger partial charge in [-0.25, -0.2) is 0 Å². The van der Waals surface area contributed by atoms with Crippen LogP contribution in [0.3, 0.4) is 0 Å². The number of rotatable bonds is 1. The number of ketones is 2. The lowest BCUT2D eigenvalue weighted by atomic mass is 9.50. The number of Topliss-reactive ketones (excluding diaryl/α,β-unsaturated/α-hetero) is 2. The Bertz CT molecular complexity index is 683. The summed E-state index contributed by atoms with van der Waals surface area (Å²) in [5, 5.41) is 0. The molecule has 5 fully saturated rings.